The molecule has 0 aromatic heterocycles. The molecule has 2 unspecified atom stereocenters. The SMILES string of the molecule is CCOC(=O)N1CCN(C(=O)CN2C(=O)/C(=C\c3ccccc3Br)OC3CCCCC32)CC1. The van der Waals surface area contributed by atoms with E-state index < -0.39 is 0 Å². The van der Waals surface area contributed by atoms with Crippen molar-refractivity contribution in [1.82, 2.24) is 14.7 Å². The van der Waals surface area contributed by atoms with Gasteiger partial charge in [0, 0.05) is 30.7 Å². The van der Waals surface area contributed by atoms with Crippen molar-refractivity contribution in [2.75, 3.05) is 39.3 Å². The maximum atomic E-state index is 13.4. The zero-order chi connectivity index (χ0) is 23.4. The second-order valence-electron chi connectivity index (χ2n) is 8.54. The summed E-state index contributed by atoms with van der Waals surface area (Å²) in [7, 11) is 0. The van der Waals surface area contributed by atoms with Crippen molar-refractivity contribution in [2.24, 2.45) is 0 Å². The molecule has 33 heavy (non-hydrogen) atoms. The molecule has 178 valence electrons. The lowest BCUT2D eigenvalue weighted by Crippen LogP contribution is -2.59. The van der Waals surface area contributed by atoms with Crippen LogP contribution in [0.5, 0.6) is 0 Å². The molecule has 2 aliphatic heterocycles. The van der Waals surface area contributed by atoms with Crippen LogP contribution in [0.2, 0.25) is 0 Å². The van der Waals surface area contributed by atoms with Crippen molar-refractivity contribution in [2.45, 2.75) is 44.8 Å². The van der Waals surface area contributed by atoms with Crippen LogP contribution in [0, 0.1) is 0 Å². The third-order valence-electron chi connectivity index (χ3n) is 6.47. The van der Waals surface area contributed by atoms with Gasteiger partial charge in [-0.05, 0) is 43.9 Å². The summed E-state index contributed by atoms with van der Waals surface area (Å²) >= 11 is 3.52. The Hall–Kier alpha value is -2.55. The van der Waals surface area contributed by atoms with Crippen molar-refractivity contribution in [3.8, 4) is 0 Å². The maximum Gasteiger partial charge on any atom is 0.409 e. The molecule has 4 rings (SSSR count). The Balaban J connectivity index is 1.47. The molecule has 8 nitrogen and oxygen atoms in total. The fraction of sp³-hybridized carbons (Fsp3) is 0.542. The fourth-order valence-electron chi connectivity index (χ4n) is 4.69. The Morgan fingerprint density at radius 1 is 1.12 bits per heavy atom. The second-order valence-corrected chi connectivity index (χ2v) is 9.39. The van der Waals surface area contributed by atoms with Crippen LogP contribution < -0.4 is 0 Å². The highest BCUT2D eigenvalue weighted by molar-refractivity contribution is 9.10. The van der Waals surface area contributed by atoms with E-state index in [2.05, 4.69) is 15.9 Å². The number of carbonyl (C=O) groups excluding carboxylic acids is 3. The van der Waals surface area contributed by atoms with Crippen LogP contribution in [0.1, 0.15) is 38.2 Å². The molecule has 0 N–H and O–H groups in total. The Labute approximate surface area is 202 Å². The number of amides is 3. The molecule has 2 saturated heterocycles. The molecule has 1 aromatic rings. The third-order valence-corrected chi connectivity index (χ3v) is 7.20. The van der Waals surface area contributed by atoms with Crippen LogP contribution >= 0.6 is 15.9 Å². The summed E-state index contributed by atoms with van der Waals surface area (Å²) in [6, 6.07) is 7.57. The number of piperazine rings is 1. The summed E-state index contributed by atoms with van der Waals surface area (Å²) in [5, 5.41) is 0. The molecule has 2 heterocycles. The largest absolute Gasteiger partial charge is 0.482 e. The standard InChI is InChI=1S/C24H30BrN3O5/c1-2-32-24(31)27-13-11-26(12-14-27)22(29)16-28-19-9-5-6-10-20(19)33-21(23(28)30)15-17-7-3-4-8-18(17)25/h3-4,7-8,15,19-20H,2,5-6,9-14,16H2,1H3/b21-15+. The van der Waals surface area contributed by atoms with Crippen LogP contribution in [0.15, 0.2) is 34.5 Å². The van der Waals surface area contributed by atoms with Gasteiger partial charge in [-0.2, -0.15) is 0 Å². The van der Waals surface area contributed by atoms with Gasteiger partial charge in [-0.3, -0.25) is 9.59 Å². The fourth-order valence-corrected chi connectivity index (χ4v) is 5.09. The molecular weight excluding hydrogens is 490 g/mol. The highest BCUT2D eigenvalue weighted by Crippen LogP contribution is 2.34. The average molecular weight is 520 g/mol. The van der Waals surface area contributed by atoms with Crippen LogP contribution in [-0.2, 0) is 19.1 Å². The second kappa shape index (κ2) is 10.6. The van der Waals surface area contributed by atoms with E-state index in [9.17, 15) is 14.4 Å². The van der Waals surface area contributed by atoms with Crippen molar-refractivity contribution in [3.05, 3.63) is 40.1 Å². The van der Waals surface area contributed by atoms with E-state index in [1.807, 2.05) is 24.3 Å². The van der Waals surface area contributed by atoms with Crippen LogP contribution in [0.4, 0.5) is 4.79 Å². The molecule has 3 aliphatic rings. The summed E-state index contributed by atoms with van der Waals surface area (Å²) in [5.74, 6) is -0.0595. The quantitative estimate of drug-likeness (QED) is 0.570. The highest BCUT2D eigenvalue weighted by Gasteiger charge is 2.42. The van der Waals surface area contributed by atoms with E-state index in [4.69, 9.17) is 9.47 Å². The minimum atomic E-state index is -0.347. The van der Waals surface area contributed by atoms with Gasteiger partial charge in [-0.15, -0.1) is 0 Å². The van der Waals surface area contributed by atoms with E-state index in [0.717, 1.165) is 35.7 Å². The van der Waals surface area contributed by atoms with Crippen LogP contribution in [0.3, 0.4) is 0 Å². The van der Waals surface area contributed by atoms with Gasteiger partial charge in [0.15, 0.2) is 5.76 Å². The summed E-state index contributed by atoms with van der Waals surface area (Å²) < 4.78 is 12.1. The lowest BCUT2D eigenvalue weighted by molar-refractivity contribution is -0.154. The number of rotatable bonds is 4. The van der Waals surface area contributed by atoms with Gasteiger partial charge in [-0.25, -0.2) is 4.79 Å². The normalized spacial score (nSPS) is 24.4. The molecule has 0 radical (unpaired) electrons. The van der Waals surface area contributed by atoms with E-state index in [1.54, 1.807) is 27.7 Å². The number of carbonyl (C=O) groups is 3. The zero-order valence-electron chi connectivity index (χ0n) is 18.9. The highest BCUT2D eigenvalue weighted by atomic mass is 79.9. The molecule has 1 saturated carbocycles. The smallest absolute Gasteiger partial charge is 0.409 e. The zero-order valence-corrected chi connectivity index (χ0v) is 20.5. The Kier molecular flexibility index (Phi) is 7.57. The number of hydrogen-bond donors (Lipinski definition) is 0. The van der Waals surface area contributed by atoms with Gasteiger partial charge in [-0.1, -0.05) is 40.5 Å². The molecule has 3 amide bonds. The van der Waals surface area contributed by atoms with E-state index >= 15 is 0 Å². The molecule has 2 atom stereocenters. The summed E-state index contributed by atoms with van der Waals surface area (Å²) in [5.41, 5.74) is 0.858. The third kappa shape index (κ3) is 5.34. The first kappa shape index (κ1) is 23.6. The van der Waals surface area contributed by atoms with E-state index in [-0.39, 0.29) is 42.4 Å². The monoisotopic (exact) mass is 519 g/mol. The van der Waals surface area contributed by atoms with Gasteiger partial charge >= 0.3 is 6.09 Å². The van der Waals surface area contributed by atoms with Gasteiger partial charge in [0.05, 0.1) is 12.6 Å². The number of ether oxygens (including phenoxy) is 2. The number of hydrogen-bond acceptors (Lipinski definition) is 5. The van der Waals surface area contributed by atoms with Crippen LogP contribution in [-0.4, -0.2) is 84.1 Å². The molecule has 1 aliphatic carbocycles. The van der Waals surface area contributed by atoms with Crippen molar-refractivity contribution >= 4 is 39.9 Å². The number of morpholine rings is 1. The Bertz CT molecular complexity index is 928. The summed E-state index contributed by atoms with van der Waals surface area (Å²) in [6.07, 6.45) is 5.08. The first-order valence-electron chi connectivity index (χ1n) is 11.6. The average Bonchev–Trinajstić information content (AvgIpc) is 2.83. The van der Waals surface area contributed by atoms with Gasteiger partial charge < -0.3 is 24.2 Å². The summed E-state index contributed by atoms with van der Waals surface area (Å²) in [6.45, 7) is 3.86. The predicted octanol–water partition coefficient (Wildman–Crippen LogP) is 3.26. The lowest BCUT2D eigenvalue weighted by atomic mass is 9.89. The molecule has 0 bridgehead atoms. The van der Waals surface area contributed by atoms with Crippen molar-refractivity contribution < 1.29 is 23.9 Å². The Morgan fingerprint density at radius 2 is 1.82 bits per heavy atom. The lowest BCUT2D eigenvalue weighted by Gasteiger charge is -2.45. The predicted molar refractivity (Wildman–Crippen MR) is 126 cm³/mol. The van der Waals surface area contributed by atoms with E-state index in [1.165, 1.54) is 0 Å². The van der Waals surface area contributed by atoms with E-state index in [0.29, 0.717) is 32.8 Å². The molecule has 9 heteroatoms. The Morgan fingerprint density at radius 3 is 2.55 bits per heavy atom. The number of fused-ring (bicyclic) bond motifs is 1. The molecule has 0 spiro atoms. The number of halogens is 1. The first-order chi connectivity index (χ1) is 16.0. The van der Waals surface area contributed by atoms with Gasteiger partial charge in [0.1, 0.15) is 12.6 Å². The van der Waals surface area contributed by atoms with Gasteiger partial charge in [0.25, 0.3) is 5.91 Å². The van der Waals surface area contributed by atoms with Crippen molar-refractivity contribution in [1.29, 1.82) is 0 Å². The maximum absolute atomic E-state index is 13.4. The minimum Gasteiger partial charge on any atom is -0.482 e. The molecule has 3 fully saturated rings. The summed E-state index contributed by atoms with van der Waals surface area (Å²) in [4.78, 5) is 43.5. The first-order valence-corrected chi connectivity index (χ1v) is 12.4. The topological polar surface area (TPSA) is 79.4 Å². The van der Waals surface area contributed by atoms with Gasteiger partial charge in [0.2, 0.25) is 5.91 Å². The molecular formula is C24H30BrN3O5. The van der Waals surface area contributed by atoms with Crippen molar-refractivity contribution in [3.63, 3.8) is 0 Å². The number of nitrogens with zero attached hydrogens (tertiary/aromatic N) is 3. The molecule has 1 aromatic carbocycles. The minimum absolute atomic E-state index is 0.0239. The number of benzene rings is 1. The van der Waals surface area contributed by atoms with Crippen LogP contribution in [0.25, 0.3) is 6.08 Å².